The lowest BCUT2D eigenvalue weighted by Gasteiger charge is -2.28. The first-order chi connectivity index (χ1) is 8.47. The molecule has 0 fully saturated rings. The first-order valence-corrected chi connectivity index (χ1v) is 5.78. The van der Waals surface area contributed by atoms with Crippen molar-refractivity contribution >= 4 is 17.4 Å². The van der Waals surface area contributed by atoms with Crippen molar-refractivity contribution in [3.8, 4) is 0 Å². The van der Waals surface area contributed by atoms with Gasteiger partial charge in [0.25, 0.3) is 5.91 Å². The maximum Gasteiger partial charge on any atom is 0.250 e. The van der Waals surface area contributed by atoms with Gasteiger partial charge in [-0.05, 0) is 19.9 Å². The standard InChI is InChI=1S/C12H20N4O2/c1-8(2)16(4-5-18-3)11-6-9(12(14)17)10(13)7-15-11/h6-8H,4-5,13H2,1-3H3,(H2,14,17). The number of anilines is 2. The van der Waals surface area contributed by atoms with Crippen LogP contribution >= 0.6 is 0 Å². The molecule has 6 heteroatoms. The molecule has 0 saturated carbocycles. The van der Waals surface area contributed by atoms with Crippen molar-refractivity contribution in [2.45, 2.75) is 19.9 Å². The largest absolute Gasteiger partial charge is 0.397 e. The maximum absolute atomic E-state index is 11.3. The predicted molar refractivity (Wildman–Crippen MR) is 71.5 cm³/mol. The summed E-state index contributed by atoms with van der Waals surface area (Å²) in [6.45, 7) is 5.34. The molecule has 1 heterocycles. The van der Waals surface area contributed by atoms with Crippen LogP contribution in [0.1, 0.15) is 24.2 Å². The number of carbonyl (C=O) groups is 1. The monoisotopic (exact) mass is 252 g/mol. The van der Waals surface area contributed by atoms with Gasteiger partial charge in [-0.25, -0.2) is 4.98 Å². The molecular weight excluding hydrogens is 232 g/mol. The van der Waals surface area contributed by atoms with E-state index in [9.17, 15) is 4.79 Å². The lowest BCUT2D eigenvalue weighted by molar-refractivity contribution is 0.100. The van der Waals surface area contributed by atoms with E-state index in [0.29, 0.717) is 30.2 Å². The molecule has 18 heavy (non-hydrogen) atoms. The minimum absolute atomic E-state index is 0.233. The molecule has 0 aliphatic rings. The van der Waals surface area contributed by atoms with Gasteiger partial charge in [0.15, 0.2) is 0 Å². The Labute approximate surface area is 107 Å². The van der Waals surface area contributed by atoms with Gasteiger partial charge >= 0.3 is 0 Å². The van der Waals surface area contributed by atoms with E-state index in [2.05, 4.69) is 4.98 Å². The van der Waals surface area contributed by atoms with Crippen molar-refractivity contribution in [2.24, 2.45) is 5.73 Å². The molecule has 1 amide bonds. The number of rotatable bonds is 6. The number of nitrogen functional groups attached to an aromatic ring is 1. The first kappa shape index (κ1) is 14.2. The Bertz CT molecular complexity index is 421. The zero-order valence-corrected chi connectivity index (χ0v) is 11.0. The third-order valence-electron chi connectivity index (χ3n) is 2.64. The molecular formula is C12H20N4O2. The summed E-state index contributed by atoms with van der Waals surface area (Å²) in [6.07, 6.45) is 1.46. The number of nitrogens with two attached hydrogens (primary N) is 2. The van der Waals surface area contributed by atoms with Gasteiger partial charge in [0, 0.05) is 19.7 Å². The Morgan fingerprint density at radius 1 is 1.56 bits per heavy atom. The summed E-state index contributed by atoms with van der Waals surface area (Å²) in [6, 6.07) is 1.85. The van der Waals surface area contributed by atoms with Crippen LogP contribution in [-0.2, 0) is 4.74 Å². The summed E-state index contributed by atoms with van der Waals surface area (Å²) in [7, 11) is 1.64. The van der Waals surface area contributed by atoms with Crippen LogP contribution < -0.4 is 16.4 Å². The van der Waals surface area contributed by atoms with Crippen LogP contribution in [0, 0.1) is 0 Å². The van der Waals surface area contributed by atoms with Crippen molar-refractivity contribution < 1.29 is 9.53 Å². The molecule has 0 aliphatic heterocycles. The highest BCUT2D eigenvalue weighted by Gasteiger charge is 2.15. The van der Waals surface area contributed by atoms with E-state index >= 15 is 0 Å². The molecule has 1 aromatic rings. The summed E-state index contributed by atoms with van der Waals surface area (Å²) < 4.78 is 5.06. The van der Waals surface area contributed by atoms with Crippen LogP contribution in [-0.4, -0.2) is 37.2 Å². The molecule has 1 rings (SSSR count). The molecule has 0 aromatic carbocycles. The summed E-state index contributed by atoms with van der Waals surface area (Å²) in [5.41, 5.74) is 11.5. The number of hydrogen-bond acceptors (Lipinski definition) is 5. The number of amides is 1. The summed E-state index contributed by atoms with van der Waals surface area (Å²) in [4.78, 5) is 17.5. The van der Waals surface area contributed by atoms with Crippen molar-refractivity contribution in [3.63, 3.8) is 0 Å². The topological polar surface area (TPSA) is 94.5 Å². The van der Waals surface area contributed by atoms with Gasteiger partial charge in [0.05, 0.1) is 24.1 Å². The van der Waals surface area contributed by atoms with Gasteiger partial charge in [-0.15, -0.1) is 0 Å². The maximum atomic E-state index is 11.3. The van der Waals surface area contributed by atoms with Gasteiger partial charge < -0.3 is 21.1 Å². The SMILES string of the molecule is COCCN(c1cc(C(N)=O)c(N)cn1)C(C)C. The summed E-state index contributed by atoms with van der Waals surface area (Å²) in [5, 5.41) is 0. The number of aromatic nitrogens is 1. The van der Waals surface area contributed by atoms with Crippen molar-refractivity contribution in [1.29, 1.82) is 0 Å². The smallest absolute Gasteiger partial charge is 0.250 e. The second kappa shape index (κ2) is 6.20. The van der Waals surface area contributed by atoms with E-state index in [1.165, 1.54) is 6.20 Å². The van der Waals surface area contributed by atoms with Crippen LogP contribution in [0.25, 0.3) is 0 Å². The Hall–Kier alpha value is -1.82. The highest BCUT2D eigenvalue weighted by atomic mass is 16.5. The number of methoxy groups -OCH3 is 1. The molecule has 100 valence electrons. The fourth-order valence-corrected chi connectivity index (χ4v) is 1.65. The quantitative estimate of drug-likeness (QED) is 0.774. The molecule has 0 saturated heterocycles. The van der Waals surface area contributed by atoms with E-state index in [0.717, 1.165) is 0 Å². The molecule has 1 aromatic heterocycles. The van der Waals surface area contributed by atoms with E-state index in [4.69, 9.17) is 16.2 Å². The fourth-order valence-electron chi connectivity index (χ4n) is 1.65. The Kier molecular flexibility index (Phi) is 4.91. The van der Waals surface area contributed by atoms with Gasteiger partial charge in [-0.3, -0.25) is 4.79 Å². The van der Waals surface area contributed by atoms with Gasteiger partial charge in [0.1, 0.15) is 5.82 Å². The predicted octanol–water partition coefficient (Wildman–Crippen LogP) is 0.624. The van der Waals surface area contributed by atoms with E-state index in [-0.39, 0.29) is 6.04 Å². The molecule has 0 bridgehead atoms. The average Bonchev–Trinajstić information content (AvgIpc) is 2.30. The van der Waals surface area contributed by atoms with E-state index in [1.807, 2.05) is 18.7 Å². The Morgan fingerprint density at radius 3 is 2.72 bits per heavy atom. The zero-order chi connectivity index (χ0) is 13.7. The first-order valence-electron chi connectivity index (χ1n) is 5.78. The molecule has 4 N–H and O–H groups in total. The number of ether oxygens (including phenoxy) is 1. The fraction of sp³-hybridized carbons (Fsp3) is 0.500. The number of carbonyl (C=O) groups excluding carboxylic acids is 1. The lowest BCUT2D eigenvalue weighted by atomic mass is 10.2. The van der Waals surface area contributed by atoms with Crippen LogP contribution in [0.2, 0.25) is 0 Å². The van der Waals surface area contributed by atoms with Gasteiger partial charge in [-0.1, -0.05) is 0 Å². The number of hydrogen-bond donors (Lipinski definition) is 2. The van der Waals surface area contributed by atoms with Crippen molar-refractivity contribution in [1.82, 2.24) is 4.98 Å². The van der Waals surface area contributed by atoms with Gasteiger partial charge in [0.2, 0.25) is 0 Å². The highest BCUT2D eigenvalue weighted by molar-refractivity contribution is 5.98. The molecule has 0 unspecified atom stereocenters. The molecule has 0 atom stereocenters. The minimum atomic E-state index is -0.549. The van der Waals surface area contributed by atoms with Crippen LogP contribution in [0.5, 0.6) is 0 Å². The normalized spacial score (nSPS) is 10.7. The minimum Gasteiger partial charge on any atom is -0.397 e. The molecule has 0 radical (unpaired) electrons. The van der Waals surface area contributed by atoms with Gasteiger partial charge in [-0.2, -0.15) is 0 Å². The highest BCUT2D eigenvalue weighted by Crippen LogP contribution is 2.19. The average molecular weight is 252 g/mol. The van der Waals surface area contributed by atoms with Crippen molar-refractivity contribution in [3.05, 3.63) is 17.8 Å². The summed E-state index contributed by atoms with van der Waals surface area (Å²) >= 11 is 0. The second-order valence-corrected chi connectivity index (χ2v) is 4.27. The Balaban J connectivity index is 3.05. The third-order valence-corrected chi connectivity index (χ3v) is 2.64. The number of pyridine rings is 1. The van der Waals surface area contributed by atoms with Crippen LogP contribution in [0.3, 0.4) is 0 Å². The lowest BCUT2D eigenvalue weighted by Crippen LogP contribution is -2.34. The van der Waals surface area contributed by atoms with E-state index in [1.54, 1.807) is 13.2 Å². The summed E-state index contributed by atoms with van der Waals surface area (Å²) in [5.74, 6) is 0.122. The Morgan fingerprint density at radius 2 is 2.22 bits per heavy atom. The molecule has 6 nitrogen and oxygen atoms in total. The van der Waals surface area contributed by atoms with Crippen LogP contribution in [0.15, 0.2) is 12.3 Å². The number of nitrogens with zero attached hydrogens (tertiary/aromatic N) is 2. The van der Waals surface area contributed by atoms with Crippen molar-refractivity contribution in [2.75, 3.05) is 30.9 Å². The van der Waals surface area contributed by atoms with E-state index < -0.39 is 5.91 Å². The second-order valence-electron chi connectivity index (χ2n) is 4.27. The molecule has 0 spiro atoms. The third kappa shape index (κ3) is 3.33. The molecule has 0 aliphatic carbocycles. The number of primary amides is 1. The van der Waals surface area contributed by atoms with Crippen LogP contribution in [0.4, 0.5) is 11.5 Å². The zero-order valence-electron chi connectivity index (χ0n) is 11.0.